The lowest BCUT2D eigenvalue weighted by molar-refractivity contribution is 0.209. The van der Waals surface area contributed by atoms with E-state index in [-0.39, 0.29) is 0 Å². The standard InChI is InChI=1S/C25H35NO/c1-2-3-4-5-7-10-21-13-18-25(26-19-21)23-14-16-24(17-15-23)27-20-22-11-8-6-9-12-22/h13-19,22H,2-12,20H2,1H3. The minimum Gasteiger partial charge on any atom is -0.493 e. The Labute approximate surface area is 165 Å². The van der Waals surface area contributed by atoms with Crippen LogP contribution in [0.5, 0.6) is 5.75 Å². The van der Waals surface area contributed by atoms with Crippen molar-refractivity contribution in [3.05, 3.63) is 48.2 Å². The molecule has 0 unspecified atom stereocenters. The van der Waals surface area contributed by atoms with Gasteiger partial charge in [-0.2, -0.15) is 0 Å². The Kier molecular flexibility index (Phi) is 8.20. The Morgan fingerprint density at radius 2 is 1.67 bits per heavy atom. The zero-order chi connectivity index (χ0) is 18.7. The molecular formula is C25H35NO. The van der Waals surface area contributed by atoms with E-state index in [0.29, 0.717) is 0 Å². The van der Waals surface area contributed by atoms with Crippen LogP contribution in [0.3, 0.4) is 0 Å². The number of rotatable bonds is 10. The van der Waals surface area contributed by atoms with E-state index in [9.17, 15) is 0 Å². The van der Waals surface area contributed by atoms with Gasteiger partial charge in [-0.25, -0.2) is 0 Å². The molecule has 27 heavy (non-hydrogen) atoms. The SMILES string of the molecule is CCCCCCCc1ccc(-c2ccc(OCC3CCCCC3)cc2)nc1. The Balaban J connectivity index is 1.46. The molecule has 1 fully saturated rings. The van der Waals surface area contributed by atoms with Crippen LogP contribution in [0.2, 0.25) is 0 Å². The summed E-state index contributed by atoms with van der Waals surface area (Å²) in [5.41, 5.74) is 3.56. The highest BCUT2D eigenvalue weighted by atomic mass is 16.5. The highest BCUT2D eigenvalue weighted by molar-refractivity contribution is 5.60. The van der Waals surface area contributed by atoms with E-state index < -0.39 is 0 Å². The van der Waals surface area contributed by atoms with Crippen LogP contribution >= 0.6 is 0 Å². The van der Waals surface area contributed by atoms with Crippen molar-refractivity contribution in [1.82, 2.24) is 4.98 Å². The molecule has 0 aliphatic heterocycles. The Morgan fingerprint density at radius 3 is 2.37 bits per heavy atom. The molecule has 1 aromatic carbocycles. The van der Waals surface area contributed by atoms with Crippen molar-refractivity contribution in [2.24, 2.45) is 5.92 Å². The molecule has 1 saturated carbocycles. The number of benzene rings is 1. The normalized spacial score (nSPS) is 15.0. The second-order valence-corrected chi connectivity index (χ2v) is 8.06. The van der Waals surface area contributed by atoms with Gasteiger partial charge in [0.05, 0.1) is 12.3 Å². The topological polar surface area (TPSA) is 22.1 Å². The summed E-state index contributed by atoms with van der Waals surface area (Å²) in [5, 5.41) is 0. The van der Waals surface area contributed by atoms with Crippen LogP contribution in [0.4, 0.5) is 0 Å². The van der Waals surface area contributed by atoms with Crippen molar-refractivity contribution in [3.63, 3.8) is 0 Å². The Morgan fingerprint density at radius 1 is 0.889 bits per heavy atom. The van der Waals surface area contributed by atoms with E-state index in [1.54, 1.807) is 0 Å². The maximum atomic E-state index is 6.01. The van der Waals surface area contributed by atoms with Crippen LogP contribution in [-0.4, -0.2) is 11.6 Å². The summed E-state index contributed by atoms with van der Waals surface area (Å²) < 4.78 is 6.01. The first-order valence-electron chi connectivity index (χ1n) is 11.0. The van der Waals surface area contributed by atoms with E-state index in [4.69, 9.17) is 4.74 Å². The van der Waals surface area contributed by atoms with Crippen molar-refractivity contribution >= 4 is 0 Å². The molecule has 1 aromatic heterocycles. The first-order chi connectivity index (χ1) is 13.3. The van der Waals surface area contributed by atoms with Gasteiger partial charge in [0, 0.05) is 11.8 Å². The van der Waals surface area contributed by atoms with Crippen LogP contribution < -0.4 is 4.74 Å². The quantitative estimate of drug-likeness (QED) is 0.415. The Bertz CT molecular complexity index is 641. The second-order valence-electron chi connectivity index (χ2n) is 8.06. The minimum absolute atomic E-state index is 0.745. The fourth-order valence-corrected chi connectivity index (χ4v) is 3.97. The summed E-state index contributed by atoms with van der Waals surface area (Å²) >= 11 is 0. The number of aryl methyl sites for hydroxylation is 1. The van der Waals surface area contributed by atoms with Gasteiger partial charge in [-0.3, -0.25) is 4.98 Å². The highest BCUT2D eigenvalue weighted by Gasteiger charge is 2.13. The van der Waals surface area contributed by atoms with Gasteiger partial charge in [0.15, 0.2) is 0 Å². The number of hydrogen-bond acceptors (Lipinski definition) is 2. The molecule has 2 heteroatoms. The van der Waals surface area contributed by atoms with E-state index in [2.05, 4.69) is 48.3 Å². The third kappa shape index (κ3) is 6.68. The van der Waals surface area contributed by atoms with Gasteiger partial charge < -0.3 is 4.74 Å². The molecule has 0 amide bonds. The van der Waals surface area contributed by atoms with Crippen LogP contribution in [0.25, 0.3) is 11.3 Å². The predicted octanol–water partition coefficient (Wildman–Crippen LogP) is 7.22. The molecule has 1 aliphatic carbocycles. The molecule has 1 aliphatic rings. The maximum absolute atomic E-state index is 6.01. The molecule has 2 aromatic rings. The van der Waals surface area contributed by atoms with Gasteiger partial charge in [-0.15, -0.1) is 0 Å². The van der Waals surface area contributed by atoms with Gasteiger partial charge in [0.2, 0.25) is 0 Å². The summed E-state index contributed by atoms with van der Waals surface area (Å²) in [4.78, 5) is 4.67. The van der Waals surface area contributed by atoms with Gasteiger partial charge in [0.1, 0.15) is 5.75 Å². The fraction of sp³-hybridized carbons (Fsp3) is 0.560. The summed E-state index contributed by atoms with van der Waals surface area (Å²) in [7, 11) is 0. The van der Waals surface area contributed by atoms with Gasteiger partial charge in [-0.1, -0.05) is 57.9 Å². The molecule has 2 nitrogen and oxygen atoms in total. The minimum atomic E-state index is 0.745. The van der Waals surface area contributed by atoms with E-state index in [0.717, 1.165) is 36.0 Å². The zero-order valence-electron chi connectivity index (χ0n) is 17.0. The van der Waals surface area contributed by atoms with Crippen molar-refractivity contribution in [1.29, 1.82) is 0 Å². The summed E-state index contributed by atoms with van der Waals surface area (Å²) in [6.07, 6.45) is 16.6. The zero-order valence-corrected chi connectivity index (χ0v) is 17.0. The molecule has 0 atom stereocenters. The number of ether oxygens (including phenoxy) is 1. The van der Waals surface area contributed by atoms with Gasteiger partial charge in [0.25, 0.3) is 0 Å². The van der Waals surface area contributed by atoms with Gasteiger partial charge in [-0.05, 0) is 67.5 Å². The van der Waals surface area contributed by atoms with Crippen LogP contribution in [0.1, 0.15) is 76.7 Å². The van der Waals surface area contributed by atoms with Crippen molar-refractivity contribution in [2.45, 2.75) is 77.6 Å². The third-order valence-corrected chi connectivity index (χ3v) is 5.75. The number of nitrogens with zero attached hydrogens (tertiary/aromatic N) is 1. The highest BCUT2D eigenvalue weighted by Crippen LogP contribution is 2.26. The maximum Gasteiger partial charge on any atom is 0.119 e. The average Bonchev–Trinajstić information content (AvgIpc) is 2.74. The first-order valence-corrected chi connectivity index (χ1v) is 11.0. The monoisotopic (exact) mass is 365 g/mol. The van der Waals surface area contributed by atoms with Crippen molar-refractivity contribution in [3.8, 4) is 17.0 Å². The molecule has 1 heterocycles. The van der Waals surface area contributed by atoms with E-state index in [1.807, 2.05) is 6.20 Å². The number of hydrogen-bond donors (Lipinski definition) is 0. The fourth-order valence-electron chi connectivity index (χ4n) is 3.97. The average molecular weight is 366 g/mol. The molecule has 3 rings (SSSR count). The van der Waals surface area contributed by atoms with Crippen molar-refractivity contribution in [2.75, 3.05) is 6.61 Å². The number of pyridine rings is 1. The largest absolute Gasteiger partial charge is 0.493 e. The molecule has 0 N–H and O–H groups in total. The van der Waals surface area contributed by atoms with Crippen LogP contribution in [0.15, 0.2) is 42.6 Å². The molecule has 0 saturated heterocycles. The smallest absolute Gasteiger partial charge is 0.119 e. The van der Waals surface area contributed by atoms with E-state index in [1.165, 1.54) is 69.8 Å². The lowest BCUT2D eigenvalue weighted by Crippen LogP contribution is -2.15. The molecular weight excluding hydrogens is 330 g/mol. The van der Waals surface area contributed by atoms with Gasteiger partial charge >= 0.3 is 0 Å². The van der Waals surface area contributed by atoms with Crippen molar-refractivity contribution < 1.29 is 4.74 Å². The Hall–Kier alpha value is -1.83. The van der Waals surface area contributed by atoms with E-state index >= 15 is 0 Å². The molecule has 0 spiro atoms. The van der Waals surface area contributed by atoms with Crippen LogP contribution in [-0.2, 0) is 6.42 Å². The number of aromatic nitrogens is 1. The molecule has 146 valence electrons. The summed E-state index contributed by atoms with van der Waals surface area (Å²) in [6.45, 7) is 3.13. The lowest BCUT2D eigenvalue weighted by Gasteiger charge is -2.21. The lowest BCUT2D eigenvalue weighted by atomic mass is 9.90. The first kappa shape index (κ1) is 19.9. The predicted molar refractivity (Wildman–Crippen MR) is 114 cm³/mol. The molecule has 0 radical (unpaired) electrons. The molecule has 0 bridgehead atoms. The third-order valence-electron chi connectivity index (χ3n) is 5.75. The second kappa shape index (κ2) is 11.1. The van der Waals surface area contributed by atoms with Crippen LogP contribution in [0, 0.1) is 5.92 Å². The number of unbranched alkanes of at least 4 members (excludes halogenated alkanes) is 4. The summed E-state index contributed by atoms with van der Waals surface area (Å²) in [6, 6.07) is 12.8. The summed E-state index contributed by atoms with van der Waals surface area (Å²) in [5.74, 6) is 1.72.